The fourth-order valence-electron chi connectivity index (χ4n) is 2.76. The van der Waals surface area contributed by atoms with Crippen LogP contribution in [0.25, 0.3) is 10.9 Å². The molecule has 0 bridgehead atoms. The van der Waals surface area contributed by atoms with Crippen molar-refractivity contribution in [1.29, 1.82) is 5.26 Å². The monoisotopic (exact) mass is 284 g/mol. The molecular formula is C15H16N4O2. The number of hydrogen-bond donors (Lipinski definition) is 2. The minimum atomic E-state index is -0.462. The third-order valence-corrected chi connectivity index (χ3v) is 3.85. The van der Waals surface area contributed by atoms with Crippen LogP contribution in [-0.4, -0.2) is 22.7 Å². The summed E-state index contributed by atoms with van der Waals surface area (Å²) in [5.74, 6) is 4.85. The number of carbonyl (C=O) groups excluding carboxylic acids is 1. The maximum Gasteiger partial charge on any atom is 0.263 e. The number of benzene rings is 1. The first-order valence-electron chi connectivity index (χ1n) is 6.86. The molecule has 6 heteroatoms. The minimum Gasteiger partial charge on any atom is -0.363 e. The van der Waals surface area contributed by atoms with E-state index in [1.165, 1.54) is 0 Å². The largest absolute Gasteiger partial charge is 0.363 e. The van der Waals surface area contributed by atoms with E-state index in [1.54, 1.807) is 6.07 Å². The predicted molar refractivity (Wildman–Crippen MR) is 76.9 cm³/mol. The van der Waals surface area contributed by atoms with Gasteiger partial charge < -0.3 is 9.30 Å². The van der Waals surface area contributed by atoms with Crippen molar-refractivity contribution in [2.24, 2.45) is 5.84 Å². The number of hydrazine groups is 1. The fourth-order valence-corrected chi connectivity index (χ4v) is 2.76. The number of nitriles is 1. The Balaban J connectivity index is 1.77. The van der Waals surface area contributed by atoms with Crippen molar-refractivity contribution in [2.45, 2.75) is 31.6 Å². The average Bonchev–Trinajstić information content (AvgIpc) is 3.14. The maximum absolute atomic E-state index is 11.5. The first-order chi connectivity index (χ1) is 10.2. The molecule has 1 fully saturated rings. The summed E-state index contributed by atoms with van der Waals surface area (Å²) in [6, 6.07) is 9.77. The summed E-state index contributed by atoms with van der Waals surface area (Å²) in [5, 5.41) is 10.1. The molecule has 1 aliphatic heterocycles. The Bertz CT molecular complexity index is 716. The highest BCUT2D eigenvalue weighted by atomic mass is 16.5. The molecule has 6 nitrogen and oxygen atoms in total. The topological polar surface area (TPSA) is 93.1 Å². The molecule has 2 heterocycles. The molecule has 0 saturated carbocycles. The van der Waals surface area contributed by atoms with Gasteiger partial charge in [-0.3, -0.25) is 10.2 Å². The van der Waals surface area contributed by atoms with Crippen LogP contribution in [0.5, 0.6) is 0 Å². The molecule has 1 aromatic carbocycles. The van der Waals surface area contributed by atoms with E-state index < -0.39 is 6.10 Å². The van der Waals surface area contributed by atoms with Crippen LogP contribution in [-0.2, 0) is 16.1 Å². The Kier molecular flexibility index (Phi) is 3.60. The molecule has 21 heavy (non-hydrogen) atoms. The van der Waals surface area contributed by atoms with Gasteiger partial charge in [-0.2, -0.15) is 5.26 Å². The first kappa shape index (κ1) is 13.6. The molecule has 108 valence electrons. The number of nitrogens with two attached hydrogens (primary N) is 1. The van der Waals surface area contributed by atoms with Crippen LogP contribution in [0.2, 0.25) is 0 Å². The smallest absolute Gasteiger partial charge is 0.263 e. The summed E-state index contributed by atoms with van der Waals surface area (Å²) in [5.41, 5.74) is 3.76. The van der Waals surface area contributed by atoms with Gasteiger partial charge in [0, 0.05) is 18.3 Å². The van der Waals surface area contributed by atoms with Gasteiger partial charge in [0.25, 0.3) is 5.91 Å². The highest BCUT2D eigenvalue weighted by Crippen LogP contribution is 2.24. The maximum atomic E-state index is 11.5. The van der Waals surface area contributed by atoms with Gasteiger partial charge in [-0.05, 0) is 36.4 Å². The average molecular weight is 284 g/mol. The molecule has 1 aliphatic rings. The van der Waals surface area contributed by atoms with Crippen LogP contribution >= 0.6 is 0 Å². The van der Waals surface area contributed by atoms with Crippen LogP contribution < -0.4 is 11.3 Å². The van der Waals surface area contributed by atoms with Gasteiger partial charge in [0.1, 0.15) is 6.10 Å². The van der Waals surface area contributed by atoms with Crippen LogP contribution in [0.15, 0.2) is 30.5 Å². The van der Waals surface area contributed by atoms with Crippen molar-refractivity contribution in [2.75, 3.05) is 0 Å². The molecule has 1 amide bonds. The molecule has 2 unspecified atom stereocenters. The number of nitrogens with zero attached hydrogens (tertiary/aromatic N) is 2. The zero-order valence-corrected chi connectivity index (χ0v) is 11.5. The van der Waals surface area contributed by atoms with E-state index in [1.807, 2.05) is 24.4 Å². The van der Waals surface area contributed by atoms with Crippen LogP contribution in [0.4, 0.5) is 0 Å². The van der Waals surface area contributed by atoms with Gasteiger partial charge in [0.2, 0.25) is 0 Å². The summed E-state index contributed by atoms with van der Waals surface area (Å²) in [6.07, 6.45) is 2.99. The number of rotatable bonds is 3. The quantitative estimate of drug-likeness (QED) is 0.500. The molecule has 3 N–H and O–H groups in total. The van der Waals surface area contributed by atoms with Gasteiger partial charge >= 0.3 is 0 Å². The Morgan fingerprint density at radius 1 is 1.48 bits per heavy atom. The lowest BCUT2D eigenvalue weighted by Gasteiger charge is -2.14. The van der Waals surface area contributed by atoms with Crippen molar-refractivity contribution < 1.29 is 9.53 Å². The van der Waals surface area contributed by atoms with E-state index in [0.717, 1.165) is 17.3 Å². The van der Waals surface area contributed by atoms with Crippen LogP contribution in [0.3, 0.4) is 0 Å². The summed E-state index contributed by atoms with van der Waals surface area (Å²) in [4.78, 5) is 11.5. The van der Waals surface area contributed by atoms with Crippen molar-refractivity contribution >= 4 is 16.8 Å². The summed E-state index contributed by atoms with van der Waals surface area (Å²) in [7, 11) is 0. The Labute approximate surface area is 122 Å². The highest BCUT2D eigenvalue weighted by molar-refractivity contribution is 5.81. The summed E-state index contributed by atoms with van der Waals surface area (Å²) in [6.45, 7) is 0.659. The second-order valence-corrected chi connectivity index (χ2v) is 5.19. The number of nitrogens with one attached hydrogen (secondary N) is 1. The molecule has 0 radical (unpaired) electrons. The van der Waals surface area contributed by atoms with E-state index in [9.17, 15) is 4.79 Å². The van der Waals surface area contributed by atoms with Crippen molar-refractivity contribution in [3.63, 3.8) is 0 Å². The van der Waals surface area contributed by atoms with Gasteiger partial charge in [-0.15, -0.1) is 0 Å². The van der Waals surface area contributed by atoms with Gasteiger partial charge in [-0.1, -0.05) is 6.07 Å². The number of aromatic nitrogens is 1. The summed E-state index contributed by atoms with van der Waals surface area (Å²) < 4.78 is 7.77. The van der Waals surface area contributed by atoms with Gasteiger partial charge in [0.15, 0.2) is 0 Å². The van der Waals surface area contributed by atoms with Crippen LogP contribution in [0, 0.1) is 11.3 Å². The second-order valence-electron chi connectivity index (χ2n) is 5.19. The predicted octanol–water partition coefficient (Wildman–Crippen LogP) is 1.05. The minimum absolute atomic E-state index is 0.0198. The second kappa shape index (κ2) is 5.56. The van der Waals surface area contributed by atoms with Gasteiger partial charge in [-0.25, -0.2) is 5.84 Å². The first-order valence-corrected chi connectivity index (χ1v) is 6.86. The van der Waals surface area contributed by atoms with E-state index in [0.29, 0.717) is 18.5 Å². The molecule has 2 atom stereocenters. The van der Waals surface area contributed by atoms with Crippen molar-refractivity contribution in [1.82, 2.24) is 9.99 Å². The summed E-state index contributed by atoms with van der Waals surface area (Å²) >= 11 is 0. The van der Waals surface area contributed by atoms with Crippen molar-refractivity contribution in [3.05, 3.63) is 36.0 Å². The third-order valence-electron chi connectivity index (χ3n) is 3.85. The Hall–Kier alpha value is -2.36. The molecular weight excluding hydrogens is 268 g/mol. The van der Waals surface area contributed by atoms with Crippen LogP contribution in [0.1, 0.15) is 18.4 Å². The lowest BCUT2D eigenvalue weighted by Crippen LogP contribution is -2.39. The highest BCUT2D eigenvalue weighted by Gasteiger charge is 2.30. The van der Waals surface area contributed by atoms with Crippen molar-refractivity contribution in [3.8, 4) is 6.07 Å². The Morgan fingerprint density at radius 2 is 2.33 bits per heavy atom. The number of amides is 1. The zero-order chi connectivity index (χ0) is 14.8. The lowest BCUT2D eigenvalue weighted by molar-refractivity contribution is -0.132. The molecule has 0 spiro atoms. The molecule has 1 aromatic heterocycles. The molecule has 0 aliphatic carbocycles. The SMILES string of the molecule is N#Cc1ccc2ccn(CC3CCC(C(=O)NN)O3)c2c1. The number of fused-ring (bicyclic) bond motifs is 1. The number of ether oxygens (including phenoxy) is 1. The van der Waals surface area contributed by atoms with E-state index in [-0.39, 0.29) is 12.0 Å². The van der Waals surface area contributed by atoms with E-state index >= 15 is 0 Å². The fraction of sp³-hybridized carbons (Fsp3) is 0.333. The van der Waals surface area contributed by atoms with E-state index in [4.69, 9.17) is 15.8 Å². The van der Waals surface area contributed by atoms with E-state index in [2.05, 4.69) is 16.1 Å². The van der Waals surface area contributed by atoms with Gasteiger partial charge in [0.05, 0.1) is 17.7 Å². The number of carbonyl (C=O) groups is 1. The molecule has 1 saturated heterocycles. The third kappa shape index (κ3) is 2.61. The Morgan fingerprint density at radius 3 is 3.10 bits per heavy atom. The standard InChI is InChI=1S/C15H16N4O2/c16-8-10-1-2-11-5-6-19(13(11)7-10)9-12-3-4-14(21-12)15(20)18-17/h1-2,5-7,12,14H,3-4,9,17H2,(H,18,20). The normalized spacial score (nSPS) is 21.3. The molecule has 3 rings (SSSR count). The zero-order valence-electron chi connectivity index (χ0n) is 11.5. The molecule has 2 aromatic rings. The number of hydrogen-bond acceptors (Lipinski definition) is 4. The lowest BCUT2D eigenvalue weighted by atomic mass is 10.1.